The first kappa shape index (κ1) is 16.8. The maximum Gasteiger partial charge on any atom is 0.345 e. The normalized spacial score (nSPS) is 11.8. The van der Waals surface area contributed by atoms with Crippen LogP contribution >= 0.6 is 7.60 Å². The van der Waals surface area contributed by atoms with E-state index in [2.05, 4.69) is 9.97 Å². The number of H-pyrrole nitrogens is 1. The largest absolute Gasteiger partial charge is 0.345 e. The number of aromatic amines is 1. The number of fused-ring (bicyclic) bond motifs is 1. The number of imidazole rings is 1. The van der Waals surface area contributed by atoms with Gasteiger partial charge < -0.3 is 19.3 Å². The molecule has 0 amide bonds. The van der Waals surface area contributed by atoms with Gasteiger partial charge in [0.2, 0.25) is 0 Å². The molecule has 25 heavy (non-hydrogen) atoms. The molecular weight excluding hydrogens is 357 g/mol. The lowest BCUT2D eigenvalue weighted by Gasteiger charge is -2.12. The van der Waals surface area contributed by atoms with Crippen LogP contribution in [0.25, 0.3) is 16.7 Å². The van der Waals surface area contributed by atoms with Gasteiger partial charge in [-0.15, -0.1) is 0 Å². The van der Waals surface area contributed by atoms with Gasteiger partial charge in [0.15, 0.2) is 0 Å². The Balaban J connectivity index is 2.42. The predicted octanol–water partition coefficient (Wildman–Crippen LogP) is -0.0811. The average Bonchev–Trinajstić information content (AvgIpc) is 3.03. The third-order valence-corrected chi connectivity index (χ3v) is 4.03. The molecule has 0 radical (unpaired) electrons. The minimum absolute atomic E-state index is 0.00681. The minimum Gasteiger partial charge on any atom is -0.323 e. The smallest absolute Gasteiger partial charge is 0.323 e. The van der Waals surface area contributed by atoms with Gasteiger partial charge in [0.1, 0.15) is 12.0 Å². The molecule has 0 saturated carbocycles. The fraction of sp³-hybridized carbons (Fsp3) is 0.0833. The highest BCUT2D eigenvalue weighted by Gasteiger charge is 2.23. The van der Waals surface area contributed by atoms with Crippen molar-refractivity contribution in [3.05, 3.63) is 61.7 Å². The molecule has 0 fully saturated rings. The van der Waals surface area contributed by atoms with Crippen molar-refractivity contribution in [3.8, 4) is 5.69 Å². The second-order valence-electron chi connectivity index (χ2n) is 5.08. The number of rotatable bonds is 4. The molecular formula is C12H10N5O7P. The van der Waals surface area contributed by atoms with Crippen LogP contribution in [0.2, 0.25) is 0 Å². The Bertz CT molecular complexity index is 1140. The standard InChI is InChI=1S/C12H10N5O7P/c18-11-12(19)16(6-25(22,23)24)8-4-10(17(20)21)9(3-7(8)14-11)15-2-1-13-5-15/h1-5H,6H2,(H,14,18)(H2,22,23,24). The van der Waals surface area contributed by atoms with E-state index < -0.39 is 35.6 Å². The topological polar surface area (TPSA) is 173 Å². The number of nitrogens with one attached hydrogen (secondary N) is 1. The molecule has 0 aliphatic rings. The summed E-state index contributed by atoms with van der Waals surface area (Å²) in [6, 6.07) is 2.20. The number of hydrogen-bond acceptors (Lipinski definition) is 6. The van der Waals surface area contributed by atoms with E-state index in [0.29, 0.717) is 4.57 Å². The van der Waals surface area contributed by atoms with E-state index in [0.717, 1.165) is 6.07 Å². The number of aromatic nitrogens is 4. The molecule has 0 saturated heterocycles. The minimum atomic E-state index is -4.71. The first-order valence-electron chi connectivity index (χ1n) is 6.65. The van der Waals surface area contributed by atoms with Crippen LogP contribution in [0.4, 0.5) is 5.69 Å². The Labute approximate surface area is 137 Å². The highest BCUT2D eigenvalue weighted by atomic mass is 31.2. The van der Waals surface area contributed by atoms with Gasteiger partial charge in [-0.3, -0.25) is 28.8 Å². The van der Waals surface area contributed by atoms with E-state index in [-0.39, 0.29) is 16.7 Å². The maximum absolute atomic E-state index is 11.9. The molecule has 0 aliphatic heterocycles. The third kappa shape index (κ3) is 3.13. The van der Waals surface area contributed by atoms with Gasteiger partial charge in [0.05, 0.1) is 22.3 Å². The van der Waals surface area contributed by atoms with Crippen LogP contribution in [0.1, 0.15) is 0 Å². The molecule has 3 N–H and O–H groups in total. The van der Waals surface area contributed by atoms with Gasteiger partial charge in [0.25, 0.3) is 5.69 Å². The van der Waals surface area contributed by atoms with E-state index in [1.54, 1.807) is 0 Å². The predicted molar refractivity (Wildman–Crippen MR) is 84.6 cm³/mol. The molecule has 0 atom stereocenters. The van der Waals surface area contributed by atoms with Crippen LogP contribution in [-0.4, -0.2) is 33.8 Å². The molecule has 0 unspecified atom stereocenters. The third-order valence-electron chi connectivity index (χ3n) is 3.38. The number of nitro benzene ring substituents is 1. The number of benzene rings is 1. The molecule has 2 heterocycles. The second kappa shape index (κ2) is 5.77. The van der Waals surface area contributed by atoms with Crippen molar-refractivity contribution in [2.45, 2.75) is 6.29 Å². The highest BCUT2D eigenvalue weighted by molar-refractivity contribution is 7.50. The van der Waals surface area contributed by atoms with Crippen LogP contribution in [0.15, 0.2) is 40.4 Å². The van der Waals surface area contributed by atoms with Crippen molar-refractivity contribution in [2.75, 3.05) is 0 Å². The quantitative estimate of drug-likeness (QED) is 0.248. The van der Waals surface area contributed by atoms with Gasteiger partial charge in [0, 0.05) is 18.5 Å². The Morgan fingerprint density at radius 3 is 2.60 bits per heavy atom. The Hall–Kier alpha value is -3.08. The molecule has 0 spiro atoms. The number of hydrogen-bond donors (Lipinski definition) is 3. The van der Waals surface area contributed by atoms with Crippen molar-refractivity contribution in [2.24, 2.45) is 0 Å². The summed E-state index contributed by atoms with van der Waals surface area (Å²) in [6.45, 7) is 0. The molecule has 2 aromatic heterocycles. The lowest BCUT2D eigenvalue weighted by Crippen LogP contribution is -2.36. The Morgan fingerprint density at radius 1 is 1.32 bits per heavy atom. The fourth-order valence-corrected chi connectivity index (χ4v) is 3.03. The van der Waals surface area contributed by atoms with E-state index >= 15 is 0 Å². The SMILES string of the molecule is O=c1[nH]c2cc(-n3ccnc3)c([N+](=O)[O-])cc2n(CP(=O)(O)O)c1=O. The first-order chi connectivity index (χ1) is 11.7. The summed E-state index contributed by atoms with van der Waals surface area (Å²) >= 11 is 0. The zero-order chi connectivity index (χ0) is 18.4. The lowest BCUT2D eigenvalue weighted by molar-refractivity contribution is -0.384. The first-order valence-corrected chi connectivity index (χ1v) is 8.45. The van der Waals surface area contributed by atoms with Crippen molar-refractivity contribution in [3.63, 3.8) is 0 Å². The van der Waals surface area contributed by atoms with Gasteiger partial charge in [-0.05, 0) is 6.07 Å². The fourth-order valence-electron chi connectivity index (χ4n) is 2.38. The summed E-state index contributed by atoms with van der Waals surface area (Å²) in [7, 11) is -4.71. The molecule has 13 heteroatoms. The summed E-state index contributed by atoms with van der Waals surface area (Å²) in [5.41, 5.74) is -2.87. The summed E-state index contributed by atoms with van der Waals surface area (Å²) in [5, 5.41) is 11.4. The average molecular weight is 367 g/mol. The highest BCUT2D eigenvalue weighted by Crippen LogP contribution is 2.37. The summed E-state index contributed by atoms with van der Waals surface area (Å²) < 4.78 is 13.1. The van der Waals surface area contributed by atoms with E-state index in [1.165, 1.54) is 29.4 Å². The van der Waals surface area contributed by atoms with Crippen molar-refractivity contribution in [1.82, 2.24) is 19.1 Å². The maximum atomic E-state index is 11.9. The van der Waals surface area contributed by atoms with Crippen LogP contribution in [0, 0.1) is 10.1 Å². The monoisotopic (exact) mass is 367 g/mol. The molecule has 0 bridgehead atoms. The van der Waals surface area contributed by atoms with Gasteiger partial charge in [-0.2, -0.15) is 0 Å². The summed E-state index contributed by atoms with van der Waals surface area (Å²) in [5.74, 6) is 0. The lowest BCUT2D eigenvalue weighted by atomic mass is 10.2. The van der Waals surface area contributed by atoms with Crippen LogP contribution in [-0.2, 0) is 10.9 Å². The van der Waals surface area contributed by atoms with Gasteiger partial charge in [-0.25, -0.2) is 4.98 Å². The zero-order valence-corrected chi connectivity index (χ0v) is 13.2. The van der Waals surface area contributed by atoms with Crippen molar-refractivity contribution >= 4 is 24.3 Å². The zero-order valence-electron chi connectivity index (χ0n) is 12.3. The number of nitro groups is 1. The van der Waals surface area contributed by atoms with Crippen LogP contribution in [0.5, 0.6) is 0 Å². The van der Waals surface area contributed by atoms with E-state index in [1.807, 2.05) is 0 Å². The van der Waals surface area contributed by atoms with E-state index in [9.17, 15) is 24.3 Å². The van der Waals surface area contributed by atoms with Gasteiger partial charge >= 0.3 is 18.7 Å². The second-order valence-corrected chi connectivity index (χ2v) is 6.69. The summed E-state index contributed by atoms with van der Waals surface area (Å²) in [6.07, 6.45) is 3.06. The molecule has 12 nitrogen and oxygen atoms in total. The molecule has 0 aliphatic carbocycles. The molecule has 130 valence electrons. The molecule has 3 rings (SSSR count). The Kier molecular flexibility index (Phi) is 3.87. The Morgan fingerprint density at radius 2 is 2.04 bits per heavy atom. The van der Waals surface area contributed by atoms with Gasteiger partial charge in [-0.1, -0.05) is 0 Å². The number of nitrogens with zero attached hydrogens (tertiary/aromatic N) is 4. The van der Waals surface area contributed by atoms with Crippen molar-refractivity contribution in [1.29, 1.82) is 0 Å². The van der Waals surface area contributed by atoms with Crippen LogP contribution in [0.3, 0.4) is 0 Å². The van der Waals surface area contributed by atoms with Crippen LogP contribution < -0.4 is 11.1 Å². The molecule has 1 aromatic carbocycles. The summed E-state index contributed by atoms with van der Waals surface area (Å²) in [4.78, 5) is 58.6. The van der Waals surface area contributed by atoms with Crippen molar-refractivity contribution < 1.29 is 19.3 Å². The van der Waals surface area contributed by atoms with E-state index in [4.69, 9.17) is 9.79 Å². The molecule has 3 aromatic rings.